The van der Waals surface area contributed by atoms with E-state index in [0.717, 1.165) is 5.56 Å². The number of carbonyl (C=O) groups excluding carboxylic acids is 2. The first-order valence-electron chi connectivity index (χ1n) is 8.11. The van der Waals surface area contributed by atoms with Gasteiger partial charge in [0.2, 0.25) is 0 Å². The molecule has 0 aromatic heterocycles. The van der Waals surface area contributed by atoms with E-state index < -0.39 is 23.7 Å². The first kappa shape index (κ1) is 18.3. The summed E-state index contributed by atoms with van der Waals surface area (Å²) in [5, 5.41) is 9.37. The van der Waals surface area contributed by atoms with Crippen molar-refractivity contribution in [1.29, 1.82) is 0 Å². The Balaban J connectivity index is 2.01. The van der Waals surface area contributed by atoms with E-state index in [2.05, 4.69) is 0 Å². The van der Waals surface area contributed by atoms with E-state index in [1.165, 1.54) is 4.90 Å². The van der Waals surface area contributed by atoms with Crippen molar-refractivity contribution in [3.63, 3.8) is 0 Å². The lowest BCUT2D eigenvalue weighted by molar-refractivity contribution is -0.150. The fraction of sp³-hybridized carbons (Fsp3) is 0.556. The van der Waals surface area contributed by atoms with Gasteiger partial charge in [-0.3, -0.25) is 4.90 Å². The highest BCUT2D eigenvalue weighted by Gasteiger charge is 2.42. The Morgan fingerprint density at radius 3 is 2.50 bits per heavy atom. The number of ether oxygens (including phenoxy) is 2. The molecule has 0 aliphatic carbocycles. The molecule has 0 bridgehead atoms. The zero-order valence-corrected chi connectivity index (χ0v) is 14.4. The van der Waals surface area contributed by atoms with Gasteiger partial charge in [0.1, 0.15) is 18.2 Å². The van der Waals surface area contributed by atoms with Crippen LogP contribution in [0.2, 0.25) is 0 Å². The minimum absolute atomic E-state index is 0.0816. The van der Waals surface area contributed by atoms with Crippen molar-refractivity contribution < 1.29 is 24.2 Å². The minimum Gasteiger partial charge on any atom is -0.459 e. The SMILES string of the molecule is CC(C)(C)OC(=O)N1CC(CO)CC1C(=O)OCc1ccccc1. The molecule has 6 nitrogen and oxygen atoms in total. The van der Waals surface area contributed by atoms with Crippen LogP contribution < -0.4 is 0 Å². The molecule has 2 unspecified atom stereocenters. The lowest BCUT2D eigenvalue weighted by Crippen LogP contribution is -2.44. The van der Waals surface area contributed by atoms with E-state index in [4.69, 9.17) is 9.47 Å². The Labute approximate surface area is 142 Å². The number of carbonyl (C=O) groups is 2. The lowest BCUT2D eigenvalue weighted by Gasteiger charge is -2.27. The normalized spacial score (nSPS) is 20.8. The van der Waals surface area contributed by atoms with Crippen LogP contribution in [-0.4, -0.2) is 46.9 Å². The van der Waals surface area contributed by atoms with Gasteiger partial charge in [-0.25, -0.2) is 9.59 Å². The van der Waals surface area contributed by atoms with Crippen LogP contribution in [-0.2, 0) is 20.9 Å². The maximum Gasteiger partial charge on any atom is 0.411 e. The van der Waals surface area contributed by atoms with Crippen LogP contribution in [0.15, 0.2) is 30.3 Å². The van der Waals surface area contributed by atoms with Gasteiger partial charge in [-0.1, -0.05) is 30.3 Å². The molecule has 0 spiro atoms. The van der Waals surface area contributed by atoms with Gasteiger partial charge in [0.05, 0.1) is 0 Å². The third-order valence-corrected chi connectivity index (χ3v) is 3.77. The molecule has 1 fully saturated rings. The van der Waals surface area contributed by atoms with Crippen molar-refractivity contribution in [2.24, 2.45) is 5.92 Å². The van der Waals surface area contributed by atoms with Crippen molar-refractivity contribution in [2.45, 2.75) is 45.4 Å². The number of benzene rings is 1. The van der Waals surface area contributed by atoms with Gasteiger partial charge in [0.25, 0.3) is 0 Å². The maximum atomic E-state index is 12.4. The number of hydrogen-bond acceptors (Lipinski definition) is 5. The summed E-state index contributed by atoms with van der Waals surface area (Å²) in [6.45, 7) is 5.67. The molecule has 1 aromatic carbocycles. The molecular weight excluding hydrogens is 310 g/mol. The molecule has 132 valence electrons. The van der Waals surface area contributed by atoms with Crippen molar-refractivity contribution in [3.8, 4) is 0 Å². The third kappa shape index (κ3) is 4.96. The van der Waals surface area contributed by atoms with Gasteiger partial charge >= 0.3 is 12.1 Å². The number of aliphatic hydroxyl groups excluding tert-OH is 1. The van der Waals surface area contributed by atoms with Crippen LogP contribution in [0.3, 0.4) is 0 Å². The molecule has 1 aromatic rings. The summed E-state index contributed by atoms with van der Waals surface area (Å²) in [7, 11) is 0. The van der Waals surface area contributed by atoms with E-state index in [9.17, 15) is 14.7 Å². The molecular formula is C18H25NO5. The predicted molar refractivity (Wildman–Crippen MR) is 88.2 cm³/mol. The van der Waals surface area contributed by atoms with E-state index in [1.807, 2.05) is 30.3 Å². The molecule has 1 aliphatic heterocycles. The Bertz CT molecular complexity index is 567. The third-order valence-electron chi connectivity index (χ3n) is 3.77. The summed E-state index contributed by atoms with van der Waals surface area (Å²) >= 11 is 0. The van der Waals surface area contributed by atoms with Gasteiger partial charge < -0.3 is 14.6 Å². The Hall–Kier alpha value is -2.08. The van der Waals surface area contributed by atoms with E-state index in [-0.39, 0.29) is 25.7 Å². The van der Waals surface area contributed by atoms with Crippen LogP contribution in [0.1, 0.15) is 32.8 Å². The quantitative estimate of drug-likeness (QED) is 0.855. The van der Waals surface area contributed by atoms with Crippen molar-refractivity contribution in [1.82, 2.24) is 4.90 Å². The van der Waals surface area contributed by atoms with E-state index >= 15 is 0 Å². The summed E-state index contributed by atoms with van der Waals surface area (Å²) in [5.41, 5.74) is 0.235. The molecule has 1 amide bonds. The fourth-order valence-electron chi connectivity index (χ4n) is 2.63. The molecule has 1 N–H and O–H groups in total. The summed E-state index contributed by atoms with van der Waals surface area (Å²) in [4.78, 5) is 26.1. The second-order valence-electron chi connectivity index (χ2n) is 7.03. The number of aliphatic hydroxyl groups is 1. The molecule has 1 heterocycles. The lowest BCUT2D eigenvalue weighted by atomic mass is 10.1. The van der Waals surface area contributed by atoms with Crippen LogP contribution in [0, 0.1) is 5.92 Å². The van der Waals surface area contributed by atoms with Gasteiger partial charge in [0.15, 0.2) is 0 Å². The summed E-state index contributed by atoms with van der Waals surface area (Å²) in [6, 6.07) is 8.63. The fourth-order valence-corrected chi connectivity index (χ4v) is 2.63. The minimum atomic E-state index is -0.722. The van der Waals surface area contributed by atoms with Gasteiger partial charge in [-0.15, -0.1) is 0 Å². The molecule has 1 aliphatic rings. The molecule has 1 saturated heterocycles. The van der Waals surface area contributed by atoms with E-state index in [1.54, 1.807) is 20.8 Å². The highest BCUT2D eigenvalue weighted by molar-refractivity contribution is 5.82. The second-order valence-corrected chi connectivity index (χ2v) is 7.03. The number of likely N-dealkylation sites (tertiary alicyclic amines) is 1. The topological polar surface area (TPSA) is 76.1 Å². The average molecular weight is 335 g/mol. The summed E-state index contributed by atoms with van der Waals surface area (Å²) in [6.07, 6.45) is -0.177. The second kappa shape index (κ2) is 7.66. The van der Waals surface area contributed by atoms with Crippen molar-refractivity contribution in [2.75, 3.05) is 13.2 Å². The molecule has 6 heteroatoms. The Morgan fingerprint density at radius 2 is 1.92 bits per heavy atom. The van der Waals surface area contributed by atoms with Crippen LogP contribution in [0.5, 0.6) is 0 Å². The zero-order chi connectivity index (χ0) is 17.7. The average Bonchev–Trinajstić information content (AvgIpc) is 2.96. The van der Waals surface area contributed by atoms with Crippen molar-refractivity contribution in [3.05, 3.63) is 35.9 Å². The smallest absolute Gasteiger partial charge is 0.411 e. The van der Waals surface area contributed by atoms with E-state index in [0.29, 0.717) is 6.42 Å². The number of hydrogen-bond donors (Lipinski definition) is 1. The van der Waals surface area contributed by atoms with Crippen LogP contribution >= 0.6 is 0 Å². The summed E-state index contributed by atoms with van der Waals surface area (Å²) in [5.74, 6) is -0.618. The Kier molecular flexibility index (Phi) is 5.83. The van der Waals surface area contributed by atoms with Crippen molar-refractivity contribution >= 4 is 12.1 Å². The molecule has 2 atom stereocenters. The number of esters is 1. The number of amides is 1. The van der Waals surface area contributed by atoms with Crippen LogP contribution in [0.25, 0.3) is 0 Å². The highest BCUT2D eigenvalue weighted by atomic mass is 16.6. The molecule has 24 heavy (non-hydrogen) atoms. The summed E-state index contributed by atoms with van der Waals surface area (Å²) < 4.78 is 10.7. The first-order chi connectivity index (χ1) is 11.3. The standard InChI is InChI=1S/C18H25NO5/c1-18(2,3)24-17(22)19-10-14(11-20)9-15(19)16(21)23-12-13-7-5-4-6-8-13/h4-8,14-15,20H,9-12H2,1-3H3. The monoisotopic (exact) mass is 335 g/mol. The zero-order valence-electron chi connectivity index (χ0n) is 14.4. The molecule has 0 saturated carbocycles. The predicted octanol–water partition coefficient (Wildman–Crippen LogP) is 2.35. The van der Waals surface area contributed by atoms with Gasteiger partial charge in [-0.2, -0.15) is 0 Å². The largest absolute Gasteiger partial charge is 0.459 e. The Morgan fingerprint density at radius 1 is 1.25 bits per heavy atom. The molecule has 2 rings (SSSR count). The maximum absolute atomic E-state index is 12.4. The van der Waals surface area contributed by atoms with Gasteiger partial charge in [-0.05, 0) is 32.8 Å². The molecule has 0 radical (unpaired) electrons. The highest BCUT2D eigenvalue weighted by Crippen LogP contribution is 2.26. The van der Waals surface area contributed by atoms with Gasteiger partial charge in [0, 0.05) is 19.1 Å². The first-order valence-corrected chi connectivity index (χ1v) is 8.11. The number of rotatable bonds is 4. The number of nitrogens with zero attached hydrogens (tertiary/aromatic N) is 1. The van der Waals surface area contributed by atoms with Crippen LogP contribution in [0.4, 0.5) is 4.79 Å².